The number of carbonyl (C=O) groups is 3. The van der Waals surface area contributed by atoms with E-state index in [0.29, 0.717) is 25.4 Å². The van der Waals surface area contributed by atoms with Crippen LogP contribution in [-0.4, -0.2) is 37.0 Å². The maximum absolute atomic E-state index is 11.5. The summed E-state index contributed by atoms with van der Waals surface area (Å²) in [6, 6.07) is 3.02. The molecule has 1 aliphatic heterocycles. The summed E-state index contributed by atoms with van der Waals surface area (Å²) in [4.78, 5) is 33.5. The van der Waals surface area contributed by atoms with Gasteiger partial charge in [-0.1, -0.05) is 23.2 Å². The number of ketones is 1. The summed E-state index contributed by atoms with van der Waals surface area (Å²) in [6.45, 7) is 0. The smallest absolute Gasteiger partial charge is 0.341 e. The minimum absolute atomic E-state index is 0.00890. The van der Waals surface area contributed by atoms with Crippen molar-refractivity contribution in [3.63, 3.8) is 0 Å². The van der Waals surface area contributed by atoms with E-state index in [0.717, 1.165) is 0 Å². The van der Waals surface area contributed by atoms with Crippen LogP contribution < -0.4 is 20.5 Å². The lowest BCUT2D eigenvalue weighted by molar-refractivity contribution is -0.112. The zero-order valence-electron chi connectivity index (χ0n) is 14.7. The Hall–Kier alpha value is -2.01. The summed E-state index contributed by atoms with van der Waals surface area (Å²) < 4.78 is 10.9. The fraction of sp³-hybridized carbons (Fsp3) is 0.118. The summed E-state index contributed by atoms with van der Waals surface area (Å²) in [6.07, 6.45) is 0. The lowest BCUT2D eigenvalue weighted by atomic mass is 10.1. The number of halogens is 4. The molecule has 0 bridgehead atoms. The second-order valence-corrected chi connectivity index (χ2v) is 7.84. The topological polar surface area (TPSA) is 128 Å². The largest absolute Gasteiger partial charge is 0.496 e. The lowest BCUT2D eigenvalue weighted by Gasteiger charge is -2.10. The molecule has 0 radical (unpaired) electrons. The van der Waals surface area contributed by atoms with Gasteiger partial charge < -0.3 is 25.6 Å². The third kappa shape index (κ3) is 4.45. The van der Waals surface area contributed by atoms with Crippen molar-refractivity contribution in [2.24, 2.45) is 0 Å². The monoisotopic (exact) mass is 568 g/mol. The van der Waals surface area contributed by atoms with Crippen molar-refractivity contribution in [1.29, 1.82) is 0 Å². The molecule has 0 saturated carbocycles. The van der Waals surface area contributed by atoms with E-state index in [1.165, 1.54) is 20.3 Å². The molecular formula is C17H12Br2Cl2N2O6. The van der Waals surface area contributed by atoms with E-state index in [9.17, 15) is 14.4 Å². The third-order valence-electron chi connectivity index (χ3n) is 3.73. The van der Waals surface area contributed by atoms with Crippen molar-refractivity contribution in [2.75, 3.05) is 25.3 Å². The summed E-state index contributed by atoms with van der Waals surface area (Å²) in [7, 11) is 2.79. The molecule has 0 unspecified atom stereocenters. The fourth-order valence-electron chi connectivity index (χ4n) is 2.39. The number of anilines is 2. The van der Waals surface area contributed by atoms with Gasteiger partial charge in [0.05, 0.1) is 41.2 Å². The number of nitrogens with one attached hydrogen (secondary N) is 1. The van der Waals surface area contributed by atoms with Gasteiger partial charge in [-0.05, 0) is 44.0 Å². The molecule has 0 saturated heterocycles. The van der Waals surface area contributed by atoms with E-state index in [2.05, 4.69) is 37.2 Å². The van der Waals surface area contributed by atoms with Crippen molar-refractivity contribution in [2.45, 2.75) is 0 Å². The second-order valence-electron chi connectivity index (χ2n) is 5.38. The Morgan fingerprint density at radius 2 is 1.59 bits per heavy atom. The number of hydrogen-bond donors (Lipinski definition) is 3. The van der Waals surface area contributed by atoms with Crippen LogP contribution in [0.3, 0.4) is 0 Å². The van der Waals surface area contributed by atoms with Crippen molar-refractivity contribution >= 4 is 84.1 Å². The number of carboxylic acids is 1. The highest BCUT2D eigenvalue weighted by molar-refractivity contribution is 9.10. The van der Waals surface area contributed by atoms with Crippen LogP contribution >= 0.6 is 55.1 Å². The van der Waals surface area contributed by atoms with Crippen molar-refractivity contribution in [3.05, 3.63) is 42.3 Å². The molecular weight excluding hydrogens is 559 g/mol. The molecule has 0 aliphatic carbocycles. The molecule has 3 rings (SSSR count). The number of fused-ring (bicyclic) bond motifs is 1. The Morgan fingerprint density at radius 1 is 1.07 bits per heavy atom. The Bertz CT molecular complexity index is 1050. The summed E-state index contributed by atoms with van der Waals surface area (Å²) in [5.74, 6) is -2.00. The molecule has 29 heavy (non-hydrogen) atoms. The first kappa shape index (κ1) is 23.3. The highest BCUT2D eigenvalue weighted by Crippen LogP contribution is 2.42. The standard InChI is InChI=1S/C9H5BrClNO3.C8H7BrClNO3/c1-15-4-2-3(10)6(11)7-5(4)8(13)9(14)12-7;1-14-4-2-3(9)6(10)7(11)5(4)8(12)13/h2H,1H3,(H,12,13,14);2H,11H2,1H3,(H,12,13). The van der Waals surface area contributed by atoms with E-state index in [-0.39, 0.29) is 27.6 Å². The van der Waals surface area contributed by atoms with Gasteiger partial charge in [0, 0.05) is 8.95 Å². The van der Waals surface area contributed by atoms with Crippen LogP contribution in [0.5, 0.6) is 11.5 Å². The lowest BCUT2D eigenvalue weighted by Crippen LogP contribution is -2.12. The van der Waals surface area contributed by atoms with Gasteiger partial charge in [-0.15, -0.1) is 0 Å². The number of ether oxygens (including phenoxy) is 2. The number of rotatable bonds is 3. The summed E-state index contributed by atoms with van der Waals surface area (Å²) in [5, 5.41) is 11.7. The number of hydrogen-bond acceptors (Lipinski definition) is 6. The average Bonchev–Trinajstić information content (AvgIpc) is 2.97. The van der Waals surface area contributed by atoms with Crippen LogP contribution in [0.4, 0.5) is 11.4 Å². The molecule has 154 valence electrons. The van der Waals surface area contributed by atoms with Crippen LogP contribution in [0.25, 0.3) is 0 Å². The molecule has 1 amide bonds. The van der Waals surface area contributed by atoms with E-state index in [4.69, 9.17) is 43.5 Å². The quantitative estimate of drug-likeness (QED) is 0.362. The predicted octanol–water partition coefficient (Wildman–Crippen LogP) is 4.64. The first-order valence-electron chi connectivity index (χ1n) is 7.51. The van der Waals surface area contributed by atoms with Crippen LogP contribution in [0.1, 0.15) is 20.7 Å². The molecule has 1 heterocycles. The molecule has 0 atom stereocenters. The SMILES string of the molecule is COc1cc(Br)c(Cl)c(N)c1C(=O)O.COc1cc(Br)c(Cl)c2c1C(=O)C(=O)N2. The number of amides is 1. The number of aromatic carboxylic acids is 1. The second kappa shape index (κ2) is 9.21. The number of carbonyl (C=O) groups excluding carboxylic acids is 2. The van der Waals surface area contributed by atoms with Gasteiger partial charge in [-0.25, -0.2) is 4.79 Å². The van der Waals surface area contributed by atoms with Gasteiger partial charge in [0.25, 0.3) is 11.7 Å². The van der Waals surface area contributed by atoms with Gasteiger partial charge in [-0.2, -0.15) is 0 Å². The molecule has 0 aromatic heterocycles. The molecule has 8 nitrogen and oxygen atoms in total. The van der Waals surface area contributed by atoms with Gasteiger partial charge in [-0.3, -0.25) is 9.59 Å². The van der Waals surface area contributed by atoms with Crippen LogP contribution in [0.2, 0.25) is 10.0 Å². The number of methoxy groups -OCH3 is 2. The average molecular weight is 571 g/mol. The molecule has 0 fully saturated rings. The number of nitrogens with two attached hydrogens (primary N) is 1. The third-order valence-corrected chi connectivity index (χ3v) is 6.24. The van der Waals surface area contributed by atoms with Crippen LogP contribution in [0, 0.1) is 0 Å². The Kier molecular flexibility index (Phi) is 7.39. The molecule has 2 aromatic rings. The van der Waals surface area contributed by atoms with Crippen molar-refractivity contribution in [1.82, 2.24) is 0 Å². The molecule has 4 N–H and O–H groups in total. The maximum Gasteiger partial charge on any atom is 0.341 e. The van der Waals surface area contributed by atoms with E-state index in [1.807, 2.05) is 0 Å². The number of Topliss-reactive ketones (excluding diaryl/α,β-unsaturated/α-hetero) is 1. The van der Waals surface area contributed by atoms with E-state index in [1.54, 1.807) is 6.07 Å². The van der Waals surface area contributed by atoms with Crippen molar-refractivity contribution in [3.8, 4) is 11.5 Å². The number of carboxylic acid groups (broad SMARTS) is 1. The maximum atomic E-state index is 11.5. The predicted molar refractivity (Wildman–Crippen MR) is 116 cm³/mol. The highest BCUT2D eigenvalue weighted by Gasteiger charge is 2.34. The van der Waals surface area contributed by atoms with Gasteiger partial charge >= 0.3 is 5.97 Å². The normalized spacial score (nSPS) is 11.9. The molecule has 2 aromatic carbocycles. The van der Waals surface area contributed by atoms with E-state index >= 15 is 0 Å². The molecule has 12 heteroatoms. The first-order valence-corrected chi connectivity index (χ1v) is 9.85. The number of nitrogen functional groups attached to an aromatic ring is 1. The molecule has 0 spiro atoms. The Balaban J connectivity index is 0.000000208. The fourth-order valence-corrected chi connectivity index (χ4v) is 3.57. The first-order chi connectivity index (χ1) is 13.5. The van der Waals surface area contributed by atoms with Crippen LogP contribution in [-0.2, 0) is 4.79 Å². The number of benzene rings is 2. The zero-order valence-corrected chi connectivity index (χ0v) is 19.4. The summed E-state index contributed by atoms with van der Waals surface area (Å²) >= 11 is 18.0. The Morgan fingerprint density at radius 3 is 2.10 bits per heavy atom. The van der Waals surface area contributed by atoms with Crippen LogP contribution in [0.15, 0.2) is 21.1 Å². The minimum Gasteiger partial charge on any atom is -0.496 e. The van der Waals surface area contributed by atoms with Crippen molar-refractivity contribution < 1.29 is 29.0 Å². The van der Waals surface area contributed by atoms with Gasteiger partial charge in [0.1, 0.15) is 17.1 Å². The molecule has 1 aliphatic rings. The van der Waals surface area contributed by atoms with Gasteiger partial charge in [0.15, 0.2) is 0 Å². The minimum atomic E-state index is -1.17. The Labute approximate surface area is 191 Å². The highest BCUT2D eigenvalue weighted by atomic mass is 79.9. The summed E-state index contributed by atoms with van der Waals surface area (Å²) in [5.41, 5.74) is 5.90. The van der Waals surface area contributed by atoms with E-state index < -0.39 is 17.7 Å². The zero-order chi connectivity index (χ0) is 22.0. The van der Waals surface area contributed by atoms with Gasteiger partial charge in [0.2, 0.25) is 0 Å².